The van der Waals surface area contributed by atoms with Crippen molar-refractivity contribution in [2.45, 2.75) is 35.0 Å². The Balaban J connectivity index is 2.04. The maximum atomic E-state index is 14.0. The molecule has 1 aliphatic rings. The predicted molar refractivity (Wildman–Crippen MR) is 120 cm³/mol. The molecule has 1 heterocycles. The molecule has 0 radical (unpaired) electrons. The molecule has 1 N–H and O–H groups in total. The quantitative estimate of drug-likeness (QED) is 0.353. The van der Waals surface area contributed by atoms with Crippen LogP contribution in [-0.4, -0.2) is 42.1 Å². The number of carboxylic acid groups (broad SMARTS) is 1. The van der Waals surface area contributed by atoms with Crippen molar-refractivity contribution in [3.05, 3.63) is 59.2 Å². The van der Waals surface area contributed by atoms with E-state index in [2.05, 4.69) is 0 Å². The van der Waals surface area contributed by atoms with Crippen LogP contribution in [-0.2, 0) is 21.9 Å². The van der Waals surface area contributed by atoms with Gasteiger partial charge in [-0.25, -0.2) is 0 Å². The number of halogens is 6. The van der Waals surface area contributed by atoms with Crippen molar-refractivity contribution in [3.63, 3.8) is 0 Å². The molecule has 0 aliphatic carbocycles. The van der Waals surface area contributed by atoms with Gasteiger partial charge in [0.2, 0.25) is 5.91 Å². The number of alkyl halides is 6. The molecule has 1 atom stereocenters. The second-order valence-electron chi connectivity index (χ2n) is 7.95. The van der Waals surface area contributed by atoms with Crippen LogP contribution in [0.25, 0.3) is 6.08 Å². The number of piperidine rings is 1. The van der Waals surface area contributed by atoms with Crippen LogP contribution >= 0.6 is 11.8 Å². The van der Waals surface area contributed by atoms with Crippen LogP contribution in [0.2, 0.25) is 0 Å². The summed E-state index contributed by atoms with van der Waals surface area (Å²) in [5.74, 6) is -2.51. The maximum absolute atomic E-state index is 14.0. The van der Waals surface area contributed by atoms with Crippen molar-refractivity contribution in [1.82, 2.24) is 4.90 Å². The third-order valence-electron chi connectivity index (χ3n) is 5.54. The van der Waals surface area contributed by atoms with E-state index in [0.717, 1.165) is 23.1 Å². The topological polar surface area (TPSA) is 66.8 Å². The van der Waals surface area contributed by atoms with Gasteiger partial charge in [0.05, 0.1) is 29.1 Å². The number of carbonyl (C=O) groups is 2. The van der Waals surface area contributed by atoms with Gasteiger partial charge in [0.15, 0.2) is 0 Å². The highest BCUT2D eigenvalue weighted by atomic mass is 32.2. The number of ether oxygens (including phenoxy) is 1. The second-order valence-corrected chi connectivity index (χ2v) is 9.03. The average Bonchev–Trinajstić information content (AvgIpc) is 2.81. The van der Waals surface area contributed by atoms with Crippen molar-refractivity contribution in [2.24, 2.45) is 5.92 Å². The largest absolute Gasteiger partial charge is 0.496 e. The van der Waals surface area contributed by atoms with Gasteiger partial charge in [0.1, 0.15) is 5.75 Å². The van der Waals surface area contributed by atoms with Crippen LogP contribution in [0.15, 0.2) is 52.3 Å². The zero-order valence-corrected chi connectivity index (χ0v) is 19.6. The van der Waals surface area contributed by atoms with E-state index in [9.17, 15) is 35.9 Å². The van der Waals surface area contributed by atoms with E-state index in [1.165, 1.54) is 25.3 Å². The molecule has 12 heteroatoms. The van der Waals surface area contributed by atoms with E-state index < -0.39 is 51.7 Å². The molecule has 3 rings (SSSR count). The van der Waals surface area contributed by atoms with E-state index in [-0.39, 0.29) is 23.7 Å². The first-order valence-electron chi connectivity index (χ1n) is 10.6. The first-order chi connectivity index (χ1) is 16.8. The van der Waals surface area contributed by atoms with Crippen molar-refractivity contribution < 1.29 is 45.8 Å². The highest BCUT2D eigenvalue weighted by molar-refractivity contribution is 7.99. The van der Waals surface area contributed by atoms with Crippen molar-refractivity contribution in [3.8, 4) is 5.75 Å². The fourth-order valence-electron chi connectivity index (χ4n) is 3.88. The summed E-state index contributed by atoms with van der Waals surface area (Å²) in [4.78, 5) is 24.3. The summed E-state index contributed by atoms with van der Waals surface area (Å²) in [6.45, 7) is 0.0638. The minimum absolute atomic E-state index is 0.132. The predicted octanol–water partition coefficient (Wildman–Crippen LogP) is 6.22. The Bertz CT molecular complexity index is 1160. The number of carboxylic acids is 1. The zero-order chi connectivity index (χ0) is 26.7. The van der Waals surface area contributed by atoms with E-state index in [1.54, 1.807) is 6.07 Å². The normalized spacial score (nSPS) is 16.9. The van der Waals surface area contributed by atoms with Gasteiger partial charge in [-0.2, -0.15) is 26.3 Å². The molecule has 0 spiro atoms. The number of aliphatic carboxylic acids is 1. The van der Waals surface area contributed by atoms with Gasteiger partial charge in [-0.3, -0.25) is 9.59 Å². The average molecular weight is 533 g/mol. The molecule has 0 saturated carbocycles. The highest BCUT2D eigenvalue weighted by Crippen LogP contribution is 2.49. The van der Waals surface area contributed by atoms with Crippen molar-refractivity contribution in [1.29, 1.82) is 0 Å². The summed E-state index contributed by atoms with van der Waals surface area (Å²) in [5.41, 5.74) is -4.62. The smallest absolute Gasteiger partial charge is 0.418 e. The molecule has 1 unspecified atom stereocenters. The van der Waals surface area contributed by atoms with Crippen LogP contribution < -0.4 is 4.74 Å². The number of benzene rings is 2. The summed E-state index contributed by atoms with van der Waals surface area (Å²) in [6, 6.07) is 7.77. The van der Waals surface area contributed by atoms with Crippen LogP contribution in [0.5, 0.6) is 5.75 Å². The van der Waals surface area contributed by atoms with Crippen molar-refractivity contribution >= 4 is 29.7 Å². The molecule has 5 nitrogen and oxygen atoms in total. The summed E-state index contributed by atoms with van der Waals surface area (Å²) < 4.78 is 89.1. The number of para-hydroxylation sites is 1. The fourth-order valence-corrected chi connectivity index (χ4v) is 4.97. The van der Waals surface area contributed by atoms with Crippen LogP contribution in [0.3, 0.4) is 0 Å². The molecule has 1 fully saturated rings. The SMILES string of the molecule is COc1ccccc1Sc1ccc(/C=C/C(=O)N2CCCC(C(=O)O)C2)c(C(F)(F)F)c1C(F)(F)F. The Hall–Kier alpha value is -3.15. The number of likely N-dealkylation sites (tertiary alicyclic amines) is 1. The molecule has 194 valence electrons. The van der Waals surface area contributed by atoms with Gasteiger partial charge in [-0.05, 0) is 42.7 Å². The molecular formula is C24H21F6NO4S. The highest BCUT2D eigenvalue weighted by Gasteiger charge is 2.46. The lowest BCUT2D eigenvalue weighted by atomic mass is 9.97. The Labute approximate surface area is 206 Å². The zero-order valence-electron chi connectivity index (χ0n) is 18.8. The fraction of sp³-hybridized carbons (Fsp3) is 0.333. The molecule has 1 aliphatic heterocycles. The number of hydrogen-bond donors (Lipinski definition) is 1. The summed E-state index contributed by atoms with van der Waals surface area (Å²) >= 11 is 0.481. The molecular weight excluding hydrogens is 512 g/mol. The molecule has 2 aromatic carbocycles. The maximum Gasteiger partial charge on any atom is 0.418 e. The van der Waals surface area contributed by atoms with E-state index in [1.807, 2.05) is 0 Å². The Morgan fingerprint density at radius 1 is 1.03 bits per heavy atom. The molecule has 1 amide bonds. The molecule has 0 bridgehead atoms. The first-order valence-corrected chi connectivity index (χ1v) is 11.5. The lowest BCUT2D eigenvalue weighted by molar-refractivity contribution is -0.163. The van der Waals surface area contributed by atoms with Gasteiger partial charge in [-0.1, -0.05) is 30.0 Å². The Kier molecular flexibility index (Phi) is 8.27. The second kappa shape index (κ2) is 10.9. The van der Waals surface area contributed by atoms with Crippen LogP contribution in [0.1, 0.15) is 29.5 Å². The van der Waals surface area contributed by atoms with Gasteiger partial charge in [0, 0.05) is 24.1 Å². The first kappa shape index (κ1) is 27.4. The number of nitrogens with zero attached hydrogens (tertiary/aromatic N) is 1. The summed E-state index contributed by atoms with van der Waals surface area (Å²) in [6.07, 6.45) is -8.59. The van der Waals surface area contributed by atoms with Gasteiger partial charge in [-0.15, -0.1) is 0 Å². The number of hydrogen-bond acceptors (Lipinski definition) is 4. The summed E-state index contributed by atoms with van der Waals surface area (Å²) in [5, 5.41) is 9.15. The van der Waals surface area contributed by atoms with E-state index in [0.29, 0.717) is 30.7 Å². The molecule has 1 saturated heterocycles. The van der Waals surface area contributed by atoms with E-state index in [4.69, 9.17) is 9.84 Å². The van der Waals surface area contributed by atoms with E-state index >= 15 is 0 Å². The minimum Gasteiger partial charge on any atom is -0.496 e. The monoisotopic (exact) mass is 533 g/mol. The van der Waals surface area contributed by atoms with Gasteiger partial charge < -0.3 is 14.7 Å². The third-order valence-corrected chi connectivity index (χ3v) is 6.66. The number of amides is 1. The molecule has 0 aromatic heterocycles. The third kappa shape index (κ3) is 6.34. The lowest BCUT2D eigenvalue weighted by Crippen LogP contribution is -2.41. The van der Waals surface area contributed by atoms with Gasteiger partial charge >= 0.3 is 18.3 Å². The molecule has 2 aromatic rings. The van der Waals surface area contributed by atoms with Crippen LogP contribution in [0.4, 0.5) is 26.3 Å². The summed E-state index contributed by atoms with van der Waals surface area (Å²) in [7, 11) is 1.29. The minimum atomic E-state index is -5.38. The Morgan fingerprint density at radius 3 is 2.31 bits per heavy atom. The number of carbonyl (C=O) groups excluding carboxylic acids is 1. The van der Waals surface area contributed by atoms with Crippen molar-refractivity contribution in [2.75, 3.05) is 20.2 Å². The standard InChI is InChI=1S/C24H21F6NO4S/c1-35-16-6-2-3-7-17(16)36-18-10-8-14(20(23(25,26)27)21(18)24(28,29)30)9-11-19(32)31-12-4-5-15(13-31)22(33)34/h2-3,6-11,15H,4-5,12-13H2,1H3,(H,33,34)/b11-9+. The van der Waals surface area contributed by atoms with Gasteiger partial charge in [0.25, 0.3) is 0 Å². The number of rotatable bonds is 6. The number of methoxy groups -OCH3 is 1. The Morgan fingerprint density at radius 2 is 1.69 bits per heavy atom. The van der Waals surface area contributed by atoms with Crippen LogP contribution in [0, 0.1) is 5.92 Å². The lowest BCUT2D eigenvalue weighted by Gasteiger charge is -2.29. The molecule has 36 heavy (non-hydrogen) atoms.